The number of fused-ring (bicyclic) bond motifs is 1. The molecule has 0 radical (unpaired) electrons. The van der Waals surface area contributed by atoms with E-state index < -0.39 is 38.4 Å². The first-order valence-electron chi connectivity index (χ1n) is 10.5. The van der Waals surface area contributed by atoms with E-state index in [1.807, 2.05) is 6.07 Å². The molecular weight excluding hydrogens is 463 g/mol. The van der Waals surface area contributed by atoms with Crippen LogP contribution >= 0.6 is 19.2 Å². The van der Waals surface area contributed by atoms with Gasteiger partial charge in [0.15, 0.2) is 12.5 Å². The van der Waals surface area contributed by atoms with Crippen LogP contribution in [0.5, 0.6) is 0 Å². The Labute approximate surface area is 190 Å². The number of nitrogens with one attached hydrogen (secondary N) is 1. The van der Waals surface area contributed by atoms with Gasteiger partial charge in [-0.05, 0) is 37.4 Å². The molecule has 2 aromatic rings. The average Bonchev–Trinajstić information content (AvgIpc) is 3.41. The number of ether oxygens (including phenoxy) is 2. The lowest BCUT2D eigenvalue weighted by Crippen LogP contribution is -2.34. The van der Waals surface area contributed by atoms with Crippen molar-refractivity contribution in [1.82, 2.24) is 14.5 Å². The summed E-state index contributed by atoms with van der Waals surface area (Å²) >= 11 is 6.17. The Balaban J connectivity index is 1.51. The van der Waals surface area contributed by atoms with E-state index in [1.54, 1.807) is 10.8 Å². The number of nitrogens with zero attached hydrogens (tertiary/aromatic N) is 3. The summed E-state index contributed by atoms with van der Waals surface area (Å²) in [5, 5.41) is 25.3. The second kappa shape index (κ2) is 9.52. The number of aromatic nitrogens is 3. The Bertz CT molecular complexity index is 995. The minimum Gasteiger partial charge on any atom is -0.387 e. The monoisotopic (exact) mass is 490 g/mol. The first-order valence-corrected chi connectivity index (χ1v) is 12.9. The number of hydrogen-bond donors (Lipinski definition) is 4. The molecule has 0 spiro atoms. The fourth-order valence-corrected chi connectivity index (χ4v) is 4.99. The maximum absolute atomic E-state index is 11.3. The zero-order valence-electron chi connectivity index (χ0n) is 17.8. The molecule has 13 heteroatoms. The zero-order chi connectivity index (χ0) is 23.0. The molecule has 0 aromatic carbocycles. The van der Waals surface area contributed by atoms with Gasteiger partial charge in [-0.25, -0.2) is 4.98 Å². The van der Waals surface area contributed by atoms with E-state index in [4.69, 9.17) is 25.6 Å². The summed E-state index contributed by atoms with van der Waals surface area (Å²) < 4.78 is 29.0. The highest BCUT2D eigenvalue weighted by atomic mass is 35.5. The van der Waals surface area contributed by atoms with Crippen LogP contribution in [0.4, 0.5) is 5.82 Å². The molecule has 1 aliphatic carbocycles. The van der Waals surface area contributed by atoms with Crippen molar-refractivity contribution in [2.24, 2.45) is 0 Å². The highest BCUT2D eigenvalue weighted by Crippen LogP contribution is 2.39. The van der Waals surface area contributed by atoms with Crippen LogP contribution in [0.2, 0.25) is 5.28 Å². The maximum atomic E-state index is 11.3. The van der Waals surface area contributed by atoms with Crippen LogP contribution in [-0.4, -0.2) is 73.6 Å². The molecule has 0 bridgehead atoms. The third-order valence-electron chi connectivity index (χ3n) is 5.69. The van der Waals surface area contributed by atoms with Gasteiger partial charge in [0.05, 0.1) is 12.0 Å². The SMILES string of the molecule is CC(OC[C@H]1O[C@@H](n2ccc3c(NC4CCCC4)nc(Cl)nc32)[C@H](O)[C@@H]1O)OP(C)(=O)O. The molecule has 1 saturated carbocycles. The molecule has 4 rings (SSSR count). The van der Waals surface area contributed by atoms with Crippen molar-refractivity contribution in [2.75, 3.05) is 18.6 Å². The molecule has 4 N–H and O–H groups in total. The zero-order valence-corrected chi connectivity index (χ0v) is 19.4. The lowest BCUT2D eigenvalue weighted by molar-refractivity contribution is -0.125. The second-order valence-electron chi connectivity index (χ2n) is 8.28. The minimum absolute atomic E-state index is 0.0600. The third-order valence-corrected chi connectivity index (χ3v) is 6.55. The largest absolute Gasteiger partial charge is 0.387 e. The number of halogens is 1. The average molecular weight is 491 g/mol. The minimum atomic E-state index is -3.72. The molecule has 11 nitrogen and oxygen atoms in total. The summed E-state index contributed by atoms with van der Waals surface area (Å²) in [6.45, 7) is 2.35. The van der Waals surface area contributed by atoms with Crippen LogP contribution in [0, 0.1) is 0 Å². The first kappa shape index (κ1) is 23.8. The first-order chi connectivity index (χ1) is 15.1. The fourth-order valence-electron chi connectivity index (χ4n) is 4.22. The van der Waals surface area contributed by atoms with E-state index in [2.05, 4.69) is 15.3 Å². The number of anilines is 1. The van der Waals surface area contributed by atoms with E-state index >= 15 is 0 Å². The molecule has 2 aromatic heterocycles. The van der Waals surface area contributed by atoms with Crippen molar-refractivity contribution >= 4 is 36.0 Å². The number of rotatable bonds is 8. The standard InChI is InChI=1S/C19H28ClN4O7P/c1-10(31-32(2,27)28)29-9-13-14(25)15(26)18(30-13)24-8-7-12-16(21-11-5-3-4-6-11)22-19(20)23-17(12)24/h7-8,10-11,13-15,18,25-26H,3-6,9H2,1-2H3,(H,27,28)(H,21,22,23)/t10?,13-,14-,15-,18-/m1/s1. The Morgan fingerprint density at radius 3 is 2.75 bits per heavy atom. The molecule has 6 atom stereocenters. The molecule has 32 heavy (non-hydrogen) atoms. The second-order valence-corrected chi connectivity index (χ2v) is 10.4. The summed E-state index contributed by atoms with van der Waals surface area (Å²) in [7, 11) is -3.72. The molecule has 3 heterocycles. The van der Waals surface area contributed by atoms with Crippen molar-refractivity contribution in [2.45, 2.75) is 69.5 Å². The summed E-state index contributed by atoms with van der Waals surface area (Å²) in [5.41, 5.74) is 0.465. The smallest absolute Gasteiger partial charge is 0.327 e. The van der Waals surface area contributed by atoms with Crippen LogP contribution in [0.25, 0.3) is 11.0 Å². The van der Waals surface area contributed by atoms with Crippen LogP contribution in [0.15, 0.2) is 12.3 Å². The van der Waals surface area contributed by atoms with Gasteiger partial charge >= 0.3 is 7.60 Å². The predicted molar refractivity (Wildman–Crippen MR) is 117 cm³/mol. The van der Waals surface area contributed by atoms with Gasteiger partial charge in [0.25, 0.3) is 0 Å². The quantitative estimate of drug-likeness (QED) is 0.246. The number of hydrogen-bond acceptors (Lipinski definition) is 9. The molecule has 178 valence electrons. The van der Waals surface area contributed by atoms with Gasteiger partial charge in [0.2, 0.25) is 5.28 Å². The molecule has 2 aliphatic rings. The van der Waals surface area contributed by atoms with Gasteiger partial charge < -0.3 is 34.5 Å². The Morgan fingerprint density at radius 2 is 2.06 bits per heavy atom. The highest BCUT2D eigenvalue weighted by Gasteiger charge is 2.44. The number of aliphatic hydroxyl groups is 2. The van der Waals surface area contributed by atoms with Crippen LogP contribution < -0.4 is 5.32 Å². The van der Waals surface area contributed by atoms with Crippen molar-refractivity contribution in [3.63, 3.8) is 0 Å². The van der Waals surface area contributed by atoms with Crippen molar-refractivity contribution in [3.8, 4) is 0 Å². The third kappa shape index (κ3) is 5.26. The molecule has 2 fully saturated rings. The van der Waals surface area contributed by atoms with Gasteiger partial charge in [-0.15, -0.1) is 0 Å². The summed E-state index contributed by atoms with van der Waals surface area (Å²) in [4.78, 5) is 17.9. The highest BCUT2D eigenvalue weighted by molar-refractivity contribution is 7.51. The normalized spacial score (nSPS) is 29.4. The fraction of sp³-hybridized carbons (Fsp3) is 0.684. The molecule has 1 saturated heterocycles. The van der Waals surface area contributed by atoms with E-state index in [9.17, 15) is 19.7 Å². The lowest BCUT2D eigenvalue weighted by Gasteiger charge is -2.20. The lowest BCUT2D eigenvalue weighted by atomic mass is 10.1. The van der Waals surface area contributed by atoms with Gasteiger partial charge in [0, 0.05) is 18.9 Å². The molecular formula is C19H28ClN4O7P. The van der Waals surface area contributed by atoms with Crippen molar-refractivity contribution in [1.29, 1.82) is 0 Å². The van der Waals surface area contributed by atoms with Gasteiger partial charge in [-0.2, -0.15) is 4.98 Å². The van der Waals surface area contributed by atoms with Crippen molar-refractivity contribution in [3.05, 3.63) is 17.5 Å². The van der Waals surface area contributed by atoms with Crippen LogP contribution in [-0.2, 0) is 18.6 Å². The van der Waals surface area contributed by atoms with E-state index in [0.717, 1.165) is 24.9 Å². The van der Waals surface area contributed by atoms with E-state index in [0.29, 0.717) is 17.5 Å². The molecule has 2 unspecified atom stereocenters. The number of aliphatic hydroxyl groups excluding tert-OH is 2. The Morgan fingerprint density at radius 1 is 1.34 bits per heavy atom. The van der Waals surface area contributed by atoms with Gasteiger partial charge in [-0.1, -0.05) is 12.8 Å². The molecule has 1 aliphatic heterocycles. The van der Waals surface area contributed by atoms with Gasteiger partial charge in [0.1, 0.15) is 29.8 Å². The van der Waals surface area contributed by atoms with E-state index in [-0.39, 0.29) is 11.9 Å². The van der Waals surface area contributed by atoms with Crippen molar-refractivity contribution < 1.29 is 33.7 Å². The molecule has 0 amide bonds. The Kier molecular flexibility index (Phi) is 7.09. The topological polar surface area (TPSA) is 148 Å². The van der Waals surface area contributed by atoms with Gasteiger partial charge in [-0.3, -0.25) is 9.09 Å². The summed E-state index contributed by atoms with van der Waals surface area (Å²) in [5.74, 6) is 0.623. The Hall–Kier alpha value is -1.30. The van der Waals surface area contributed by atoms with E-state index in [1.165, 1.54) is 19.8 Å². The maximum Gasteiger partial charge on any atom is 0.327 e. The van der Waals surface area contributed by atoms with Crippen LogP contribution in [0.1, 0.15) is 38.8 Å². The summed E-state index contributed by atoms with van der Waals surface area (Å²) in [6, 6.07) is 2.14. The summed E-state index contributed by atoms with van der Waals surface area (Å²) in [6.07, 6.45) is 0.836. The van der Waals surface area contributed by atoms with Crippen LogP contribution in [0.3, 0.4) is 0 Å². The predicted octanol–water partition coefficient (Wildman–Crippen LogP) is 2.25.